The lowest BCUT2D eigenvalue weighted by atomic mass is 10.0. The zero-order chi connectivity index (χ0) is 19.2. The molecule has 5 heteroatoms. The van der Waals surface area contributed by atoms with E-state index in [0.29, 0.717) is 0 Å². The highest BCUT2D eigenvalue weighted by molar-refractivity contribution is 8.01. The van der Waals surface area contributed by atoms with Crippen LogP contribution >= 0.6 is 11.8 Å². The molecule has 0 aliphatic rings. The van der Waals surface area contributed by atoms with Crippen molar-refractivity contribution in [1.29, 1.82) is 0 Å². The fourth-order valence-corrected chi connectivity index (χ4v) is 3.92. The van der Waals surface area contributed by atoms with Crippen LogP contribution in [0, 0.1) is 11.6 Å². The fourth-order valence-electron chi connectivity index (χ4n) is 2.70. The van der Waals surface area contributed by atoms with Gasteiger partial charge in [0.15, 0.2) is 0 Å². The molecule has 0 saturated carbocycles. The van der Waals surface area contributed by atoms with Crippen molar-refractivity contribution in [1.82, 2.24) is 0 Å². The van der Waals surface area contributed by atoms with Crippen molar-refractivity contribution in [2.45, 2.75) is 17.4 Å². The molecule has 0 aliphatic carbocycles. The van der Waals surface area contributed by atoms with Gasteiger partial charge in [0.2, 0.25) is 5.91 Å². The second-order valence-corrected chi connectivity index (χ2v) is 7.54. The highest BCUT2D eigenvalue weighted by Gasteiger charge is 2.23. The van der Waals surface area contributed by atoms with Gasteiger partial charge in [0.1, 0.15) is 11.6 Å². The number of thioether (sulfide) groups is 1. The van der Waals surface area contributed by atoms with Crippen molar-refractivity contribution in [2.75, 3.05) is 5.32 Å². The van der Waals surface area contributed by atoms with E-state index in [4.69, 9.17) is 0 Å². The van der Waals surface area contributed by atoms with E-state index in [1.807, 2.05) is 60.7 Å². The van der Waals surface area contributed by atoms with Crippen LogP contribution in [0.3, 0.4) is 0 Å². The minimum atomic E-state index is -0.662. The van der Waals surface area contributed by atoms with Crippen LogP contribution in [-0.4, -0.2) is 11.2 Å². The van der Waals surface area contributed by atoms with Gasteiger partial charge >= 0.3 is 0 Å². The molecule has 0 saturated heterocycles. The number of carbonyl (C=O) groups is 1. The van der Waals surface area contributed by atoms with Crippen molar-refractivity contribution in [3.05, 3.63) is 102 Å². The lowest BCUT2D eigenvalue weighted by Crippen LogP contribution is -2.24. The van der Waals surface area contributed by atoms with Crippen LogP contribution in [0.4, 0.5) is 14.5 Å². The standard InChI is InChI=1S/C22H19F2NOS/c1-15(22(26)25-20-14-18(23)12-13-19(20)24)27-21(16-8-4-2-5-9-16)17-10-6-3-7-11-17/h2-15,21H,1H3,(H,25,26)/t15-/m1/s1. The lowest BCUT2D eigenvalue weighted by Gasteiger charge is -2.21. The van der Waals surface area contributed by atoms with E-state index in [9.17, 15) is 13.6 Å². The first kappa shape index (κ1) is 19.1. The average molecular weight is 383 g/mol. The van der Waals surface area contributed by atoms with Gasteiger partial charge in [-0.25, -0.2) is 8.78 Å². The van der Waals surface area contributed by atoms with E-state index in [-0.39, 0.29) is 16.8 Å². The van der Waals surface area contributed by atoms with Gasteiger partial charge in [0.05, 0.1) is 16.2 Å². The van der Waals surface area contributed by atoms with Crippen molar-refractivity contribution >= 4 is 23.4 Å². The summed E-state index contributed by atoms with van der Waals surface area (Å²) in [5.74, 6) is -1.63. The van der Waals surface area contributed by atoms with E-state index >= 15 is 0 Å². The topological polar surface area (TPSA) is 29.1 Å². The Bertz CT molecular complexity index is 863. The molecule has 0 bridgehead atoms. The number of benzene rings is 3. The monoisotopic (exact) mass is 383 g/mol. The molecule has 138 valence electrons. The molecule has 1 amide bonds. The number of carbonyl (C=O) groups excluding carboxylic acids is 1. The van der Waals surface area contributed by atoms with Crippen LogP contribution in [0.15, 0.2) is 78.9 Å². The number of rotatable bonds is 6. The van der Waals surface area contributed by atoms with Crippen LogP contribution < -0.4 is 5.32 Å². The van der Waals surface area contributed by atoms with Crippen LogP contribution in [0.1, 0.15) is 23.3 Å². The largest absolute Gasteiger partial charge is 0.323 e. The van der Waals surface area contributed by atoms with Crippen LogP contribution in [0.25, 0.3) is 0 Å². The molecule has 1 atom stereocenters. The van der Waals surface area contributed by atoms with Gasteiger partial charge in [-0.3, -0.25) is 4.79 Å². The second-order valence-electron chi connectivity index (χ2n) is 6.09. The number of anilines is 1. The predicted octanol–water partition coefficient (Wildman–Crippen LogP) is 5.81. The third kappa shape index (κ3) is 4.95. The second kappa shape index (κ2) is 8.82. The molecule has 0 radical (unpaired) electrons. The van der Waals surface area contributed by atoms with Gasteiger partial charge in [-0.1, -0.05) is 60.7 Å². The highest BCUT2D eigenvalue weighted by Crippen LogP contribution is 2.38. The van der Waals surface area contributed by atoms with Gasteiger partial charge < -0.3 is 5.32 Å². The molecule has 3 rings (SSSR count). The Balaban J connectivity index is 1.79. The molecule has 27 heavy (non-hydrogen) atoms. The lowest BCUT2D eigenvalue weighted by molar-refractivity contribution is -0.115. The Labute approximate surface area is 161 Å². The van der Waals surface area contributed by atoms with Gasteiger partial charge in [-0.05, 0) is 30.2 Å². The van der Waals surface area contributed by atoms with Crippen molar-refractivity contribution in [2.24, 2.45) is 0 Å². The first-order valence-corrected chi connectivity index (χ1v) is 9.50. The SMILES string of the molecule is C[C@@H](SC(c1ccccc1)c1ccccc1)C(=O)Nc1cc(F)ccc1F. The Morgan fingerprint density at radius 3 is 2.00 bits per heavy atom. The third-order valence-corrected chi connectivity index (χ3v) is 5.54. The number of hydrogen-bond acceptors (Lipinski definition) is 2. The maximum Gasteiger partial charge on any atom is 0.237 e. The maximum atomic E-state index is 13.8. The molecule has 3 aromatic carbocycles. The Morgan fingerprint density at radius 2 is 1.44 bits per heavy atom. The zero-order valence-electron chi connectivity index (χ0n) is 14.7. The van der Waals surface area contributed by atoms with Crippen molar-refractivity contribution in [3.8, 4) is 0 Å². The minimum absolute atomic E-state index is 0.0505. The number of halogens is 2. The van der Waals surface area contributed by atoms with E-state index < -0.39 is 16.9 Å². The number of hydrogen-bond donors (Lipinski definition) is 1. The summed E-state index contributed by atoms with van der Waals surface area (Å²) >= 11 is 1.46. The quantitative estimate of drug-likeness (QED) is 0.582. The van der Waals surface area contributed by atoms with E-state index in [1.54, 1.807) is 6.92 Å². The Hall–Kier alpha value is -2.66. The first-order chi connectivity index (χ1) is 13.0. The Kier molecular flexibility index (Phi) is 6.24. The van der Waals surface area contributed by atoms with E-state index in [1.165, 1.54) is 11.8 Å². The fraction of sp³-hybridized carbons (Fsp3) is 0.136. The molecule has 0 fully saturated rings. The van der Waals surface area contributed by atoms with Crippen LogP contribution in [0.2, 0.25) is 0 Å². The molecule has 0 spiro atoms. The highest BCUT2D eigenvalue weighted by atomic mass is 32.2. The molecule has 0 unspecified atom stereocenters. The summed E-state index contributed by atoms with van der Waals surface area (Å²) in [5.41, 5.74) is 2.00. The molecule has 0 aliphatic heterocycles. The van der Waals surface area contributed by atoms with Crippen LogP contribution in [-0.2, 0) is 4.79 Å². The predicted molar refractivity (Wildman–Crippen MR) is 107 cm³/mol. The molecular formula is C22H19F2NOS. The molecule has 3 aromatic rings. The molecular weight excluding hydrogens is 364 g/mol. The molecule has 2 nitrogen and oxygen atoms in total. The Morgan fingerprint density at radius 1 is 0.889 bits per heavy atom. The molecule has 0 heterocycles. The van der Waals surface area contributed by atoms with Gasteiger partial charge in [-0.15, -0.1) is 11.8 Å². The summed E-state index contributed by atoms with van der Waals surface area (Å²) < 4.78 is 27.1. The summed E-state index contributed by atoms with van der Waals surface area (Å²) in [5, 5.41) is 1.96. The summed E-state index contributed by atoms with van der Waals surface area (Å²) in [6.07, 6.45) is 0. The van der Waals surface area contributed by atoms with E-state index in [2.05, 4.69) is 5.32 Å². The van der Waals surface area contributed by atoms with Crippen molar-refractivity contribution in [3.63, 3.8) is 0 Å². The normalized spacial score (nSPS) is 12.0. The summed E-state index contributed by atoms with van der Waals surface area (Å²) in [6.45, 7) is 1.76. The van der Waals surface area contributed by atoms with Crippen LogP contribution in [0.5, 0.6) is 0 Å². The molecule has 0 aromatic heterocycles. The number of amides is 1. The van der Waals surface area contributed by atoms with Gasteiger partial charge in [0, 0.05) is 6.07 Å². The average Bonchev–Trinajstić information content (AvgIpc) is 2.70. The zero-order valence-corrected chi connectivity index (χ0v) is 15.5. The van der Waals surface area contributed by atoms with E-state index in [0.717, 1.165) is 29.3 Å². The summed E-state index contributed by atoms with van der Waals surface area (Å²) in [6, 6.07) is 22.8. The van der Waals surface area contributed by atoms with Gasteiger partial charge in [-0.2, -0.15) is 0 Å². The first-order valence-electron chi connectivity index (χ1n) is 8.56. The minimum Gasteiger partial charge on any atom is -0.323 e. The van der Waals surface area contributed by atoms with Gasteiger partial charge in [0.25, 0.3) is 0 Å². The van der Waals surface area contributed by atoms with Crippen molar-refractivity contribution < 1.29 is 13.6 Å². The maximum absolute atomic E-state index is 13.8. The third-order valence-electron chi connectivity index (χ3n) is 4.10. The summed E-state index contributed by atoms with van der Waals surface area (Å²) in [7, 11) is 0. The molecule has 1 N–H and O–H groups in total. The smallest absolute Gasteiger partial charge is 0.237 e. The summed E-state index contributed by atoms with van der Waals surface area (Å²) in [4.78, 5) is 12.6. The number of nitrogens with one attached hydrogen (secondary N) is 1.